The summed E-state index contributed by atoms with van der Waals surface area (Å²) in [5, 5.41) is 3.92. The van der Waals surface area contributed by atoms with Gasteiger partial charge >= 0.3 is 6.18 Å². The fraction of sp³-hybridized carbons (Fsp3) is 0.143. The number of nitrogens with zero attached hydrogens (tertiary/aromatic N) is 3. The van der Waals surface area contributed by atoms with Crippen LogP contribution in [0.1, 0.15) is 22.5 Å². The summed E-state index contributed by atoms with van der Waals surface area (Å²) in [5.74, 6) is -1.25. The number of nitrogens with one attached hydrogen (secondary N) is 1. The third-order valence-corrected chi connectivity index (χ3v) is 7.82. The molecule has 0 saturated heterocycles. The summed E-state index contributed by atoms with van der Waals surface area (Å²) in [4.78, 5) is 12.6. The molecule has 0 bridgehead atoms. The number of sulfonamides is 1. The van der Waals surface area contributed by atoms with E-state index in [0.717, 1.165) is 29.2 Å². The largest absolute Gasteiger partial charge is 0.416 e. The van der Waals surface area contributed by atoms with E-state index < -0.39 is 34.2 Å². The van der Waals surface area contributed by atoms with Crippen molar-refractivity contribution in [3.05, 3.63) is 113 Å². The molecule has 1 heterocycles. The highest BCUT2D eigenvalue weighted by Gasteiger charge is 2.33. The van der Waals surface area contributed by atoms with Crippen LogP contribution in [0.4, 0.5) is 23.2 Å². The average molecular weight is 573 g/mol. The van der Waals surface area contributed by atoms with E-state index in [1.54, 1.807) is 31.2 Å². The van der Waals surface area contributed by atoms with Crippen molar-refractivity contribution in [2.24, 2.45) is 5.10 Å². The monoisotopic (exact) mass is 572 g/mol. The maximum Gasteiger partial charge on any atom is 0.416 e. The molecule has 1 amide bonds. The van der Waals surface area contributed by atoms with Gasteiger partial charge in [-0.1, -0.05) is 24.3 Å². The van der Waals surface area contributed by atoms with Gasteiger partial charge in [-0.2, -0.15) is 18.3 Å². The number of hydrogen-bond acceptors (Lipinski definition) is 4. The van der Waals surface area contributed by atoms with Crippen LogP contribution >= 0.6 is 0 Å². The number of benzene rings is 3. The molecule has 0 radical (unpaired) electrons. The molecule has 7 nitrogen and oxygen atoms in total. The number of aromatic nitrogens is 1. The molecule has 3 aromatic carbocycles. The highest BCUT2D eigenvalue weighted by atomic mass is 32.2. The van der Waals surface area contributed by atoms with Crippen molar-refractivity contribution in [2.45, 2.75) is 24.9 Å². The Labute approximate surface area is 228 Å². The Balaban J connectivity index is 1.58. The van der Waals surface area contributed by atoms with E-state index in [4.69, 9.17) is 0 Å². The zero-order valence-electron chi connectivity index (χ0n) is 21.4. The minimum absolute atomic E-state index is 0.197. The van der Waals surface area contributed by atoms with Gasteiger partial charge in [0.2, 0.25) is 0 Å². The second-order valence-electron chi connectivity index (χ2n) is 8.80. The first-order valence-electron chi connectivity index (χ1n) is 11.9. The Hall–Kier alpha value is -4.45. The number of alkyl halides is 3. The first kappa shape index (κ1) is 28.6. The summed E-state index contributed by atoms with van der Waals surface area (Å²) in [5.41, 5.74) is 3.78. The number of amides is 1. The maximum atomic E-state index is 13.4. The van der Waals surface area contributed by atoms with Crippen molar-refractivity contribution in [1.82, 2.24) is 9.99 Å². The zero-order chi connectivity index (χ0) is 29.1. The predicted octanol–water partition coefficient (Wildman–Crippen LogP) is 5.60. The molecule has 40 heavy (non-hydrogen) atoms. The molecule has 0 spiro atoms. The molecule has 12 heteroatoms. The SMILES string of the molecule is Cc1cc(/C=N\NC(=O)CN(c2cccc(C(F)(F)F)c2)S(=O)(=O)c2ccccc2)c(C)n1-c1ccc(F)cc1. The quantitative estimate of drug-likeness (QED) is 0.170. The Morgan fingerprint density at radius 2 is 1.65 bits per heavy atom. The minimum atomic E-state index is -4.72. The van der Waals surface area contributed by atoms with Crippen molar-refractivity contribution >= 4 is 27.8 Å². The second-order valence-corrected chi connectivity index (χ2v) is 10.7. The van der Waals surface area contributed by atoms with Gasteiger partial charge in [-0.25, -0.2) is 18.2 Å². The lowest BCUT2D eigenvalue weighted by Crippen LogP contribution is -2.39. The van der Waals surface area contributed by atoms with Gasteiger partial charge in [0, 0.05) is 22.6 Å². The smallest absolute Gasteiger partial charge is 0.318 e. The van der Waals surface area contributed by atoms with Crippen molar-refractivity contribution in [1.29, 1.82) is 0 Å². The van der Waals surface area contributed by atoms with Crippen LogP contribution in [-0.2, 0) is 21.0 Å². The average Bonchev–Trinajstić information content (AvgIpc) is 3.20. The molecular formula is C28H24F4N4O3S. The Morgan fingerprint density at radius 3 is 2.30 bits per heavy atom. The van der Waals surface area contributed by atoms with Crippen LogP contribution < -0.4 is 9.73 Å². The van der Waals surface area contributed by atoms with Crippen molar-refractivity contribution in [3.8, 4) is 5.69 Å². The Morgan fingerprint density at radius 1 is 0.975 bits per heavy atom. The van der Waals surface area contributed by atoms with Gasteiger partial charge < -0.3 is 4.57 Å². The van der Waals surface area contributed by atoms with Crippen LogP contribution in [0.2, 0.25) is 0 Å². The molecule has 0 saturated carbocycles. The van der Waals surface area contributed by atoms with E-state index in [1.165, 1.54) is 48.7 Å². The Kier molecular flexibility index (Phi) is 8.10. The van der Waals surface area contributed by atoms with Crippen molar-refractivity contribution in [2.75, 3.05) is 10.8 Å². The van der Waals surface area contributed by atoms with Crippen LogP contribution in [0.25, 0.3) is 5.69 Å². The van der Waals surface area contributed by atoms with Crippen LogP contribution in [0.5, 0.6) is 0 Å². The predicted molar refractivity (Wildman–Crippen MR) is 143 cm³/mol. The minimum Gasteiger partial charge on any atom is -0.318 e. The van der Waals surface area contributed by atoms with Crippen molar-refractivity contribution in [3.63, 3.8) is 0 Å². The fourth-order valence-corrected chi connectivity index (χ4v) is 5.55. The highest BCUT2D eigenvalue weighted by Crippen LogP contribution is 2.33. The number of hydrazone groups is 1. The van der Waals surface area contributed by atoms with Gasteiger partial charge in [0.1, 0.15) is 12.4 Å². The molecule has 0 aliphatic rings. The van der Waals surface area contributed by atoms with Gasteiger partial charge in [-0.05, 0) is 74.5 Å². The normalized spacial score (nSPS) is 12.1. The standard InChI is InChI=1S/C28H24F4N4O3S/c1-19-15-21(20(2)36(19)24-13-11-23(29)12-14-24)17-33-34-27(37)18-35(40(38,39)26-9-4-3-5-10-26)25-8-6-7-22(16-25)28(30,31)32/h3-17H,18H2,1-2H3,(H,34,37)/b33-17-. The molecule has 1 N–H and O–H groups in total. The lowest BCUT2D eigenvalue weighted by molar-refractivity contribution is -0.137. The van der Waals surface area contributed by atoms with Gasteiger partial charge in [0.25, 0.3) is 15.9 Å². The van der Waals surface area contributed by atoms with Gasteiger partial charge in [0.05, 0.1) is 22.4 Å². The number of rotatable bonds is 8. The zero-order valence-corrected chi connectivity index (χ0v) is 22.2. The molecule has 4 aromatic rings. The lowest BCUT2D eigenvalue weighted by atomic mass is 10.2. The number of carbonyl (C=O) groups excluding carboxylic acids is 1. The molecule has 0 fully saturated rings. The first-order valence-corrected chi connectivity index (χ1v) is 13.3. The molecule has 4 rings (SSSR count). The number of aryl methyl sites for hydroxylation is 1. The van der Waals surface area contributed by atoms with Gasteiger partial charge in [-0.3, -0.25) is 9.10 Å². The number of halogens is 4. The van der Waals surface area contributed by atoms with E-state index >= 15 is 0 Å². The summed E-state index contributed by atoms with van der Waals surface area (Å²) < 4.78 is 82.6. The van der Waals surface area contributed by atoms with E-state index in [0.29, 0.717) is 15.9 Å². The fourth-order valence-electron chi connectivity index (χ4n) is 4.12. The van der Waals surface area contributed by atoms with Crippen LogP contribution in [0.15, 0.2) is 94.9 Å². The van der Waals surface area contributed by atoms with Crippen LogP contribution in [0, 0.1) is 19.7 Å². The van der Waals surface area contributed by atoms with Crippen molar-refractivity contribution < 1.29 is 30.8 Å². The molecule has 208 valence electrons. The third kappa shape index (κ3) is 6.23. The van der Waals surface area contributed by atoms with Crippen LogP contribution in [-0.4, -0.2) is 31.7 Å². The number of carbonyl (C=O) groups is 1. The second kappa shape index (κ2) is 11.3. The van der Waals surface area contributed by atoms with E-state index in [-0.39, 0.29) is 16.4 Å². The third-order valence-electron chi connectivity index (χ3n) is 6.03. The highest BCUT2D eigenvalue weighted by molar-refractivity contribution is 7.92. The van der Waals surface area contributed by atoms with E-state index in [2.05, 4.69) is 10.5 Å². The summed E-state index contributed by atoms with van der Waals surface area (Å²) in [7, 11) is -4.41. The summed E-state index contributed by atoms with van der Waals surface area (Å²) in [6, 6.07) is 18.5. The van der Waals surface area contributed by atoms with E-state index in [9.17, 15) is 30.8 Å². The molecular weight excluding hydrogens is 548 g/mol. The lowest BCUT2D eigenvalue weighted by Gasteiger charge is -2.24. The summed E-state index contributed by atoms with van der Waals surface area (Å²) in [6.45, 7) is 2.82. The molecule has 0 aliphatic heterocycles. The maximum absolute atomic E-state index is 13.4. The molecule has 0 aliphatic carbocycles. The van der Waals surface area contributed by atoms with Crippen LogP contribution in [0.3, 0.4) is 0 Å². The van der Waals surface area contributed by atoms with E-state index in [1.807, 2.05) is 11.5 Å². The first-order chi connectivity index (χ1) is 18.9. The molecule has 0 unspecified atom stereocenters. The number of hydrogen-bond donors (Lipinski definition) is 1. The van der Waals surface area contributed by atoms with Gasteiger partial charge in [-0.15, -0.1) is 0 Å². The molecule has 0 atom stereocenters. The summed E-state index contributed by atoms with van der Waals surface area (Å²) in [6.07, 6.45) is -3.36. The summed E-state index contributed by atoms with van der Waals surface area (Å²) >= 11 is 0. The molecule has 1 aromatic heterocycles. The Bertz CT molecular complexity index is 1650. The number of anilines is 1. The topological polar surface area (TPSA) is 83.8 Å². The van der Waals surface area contributed by atoms with Gasteiger partial charge in [0.15, 0.2) is 0 Å².